The number of nitrogens with zero attached hydrogens (tertiary/aromatic N) is 2. The van der Waals surface area contributed by atoms with Crippen molar-refractivity contribution >= 4 is 16.5 Å². The molecule has 0 saturated carbocycles. The highest BCUT2D eigenvalue weighted by molar-refractivity contribution is 7.10. The van der Waals surface area contributed by atoms with E-state index in [0.29, 0.717) is 10.7 Å². The highest BCUT2D eigenvalue weighted by Gasteiger charge is 2.34. The van der Waals surface area contributed by atoms with Crippen LogP contribution in [0.3, 0.4) is 0 Å². The van der Waals surface area contributed by atoms with Gasteiger partial charge in [0, 0.05) is 11.5 Å². The summed E-state index contributed by atoms with van der Waals surface area (Å²) in [5, 5.41) is 4.16. The normalized spacial score (nSPS) is 11.4. The third kappa shape index (κ3) is 3.12. The minimum atomic E-state index is -4.47. The van der Waals surface area contributed by atoms with Crippen LogP contribution in [0.15, 0.2) is 24.3 Å². The maximum atomic E-state index is 12.7. The van der Waals surface area contributed by atoms with Gasteiger partial charge in [0.2, 0.25) is 0 Å². The first-order chi connectivity index (χ1) is 9.02. The lowest BCUT2D eigenvalue weighted by Crippen LogP contribution is -2.11. The summed E-state index contributed by atoms with van der Waals surface area (Å²) in [6.07, 6.45) is -4.47. The van der Waals surface area contributed by atoms with Crippen LogP contribution in [0.25, 0.3) is 0 Å². The van der Waals surface area contributed by atoms with Crippen molar-refractivity contribution in [1.82, 2.24) is 9.59 Å². The summed E-state index contributed by atoms with van der Waals surface area (Å²) in [4.78, 5) is 0. The van der Waals surface area contributed by atoms with Crippen LogP contribution in [0.5, 0.6) is 5.75 Å². The van der Waals surface area contributed by atoms with Gasteiger partial charge in [-0.15, -0.1) is 5.10 Å². The number of ether oxygens (including phenoxy) is 1. The lowest BCUT2D eigenvalue weighted by molar-refractivity contribution is -0.139. The smallest absolute Gasteiger partial charge is 0.419 e. The maximum Gasteiger partial charge on any atom is 0.419 e. The van der Waals surface area contributed by atoms with Crippen molar-refractivity contribution in [2.45, 2.75) is 12.8 Å². The van der Waals surface area contributed by atoms with Crippen LogP contribution in [0.4, 0.5) is 18.2 Å². The summed E-state index contributed by atoms with van der Waals surface area (Å²) < 4.78 is 46.9. The Bertz CT molecular complexity index is 558. The van der Waals surface area contributed by atoms with E-state index >= 15 is 0 Å². The predicted octanol–water partition coefficient (Wildman–Crippen LogP) is 2.42. The second-order valence-electron chi connectivity index (χ2n) is 3.48. The maximum absolute atomic E-state index is 12.7. The van der Waals surface area contributed by atoms with E-state index in [1.807, 2.05) is 0 Å². The van der Waals surface area contributed by atoms with E-state index in [2.05, 4.69) is 15.0 Å². The van der Waals surface area contributed by atoms with Gasteiger partial charge in [-0.1, -0.05) is 16.6 Å². The number of alkyl halides is 3. The van der Waals surface area contributed by atoms with Gasteiger partial charge in [-0.25, -0.2) is 5.84 Å². The van der Waals surface area contributed by atoms with Crippen molar-refractivity contribution < 1.29 is 17.9 Å². The van der Waals surface area contributed by atoms with Crippen LogP contribution in [0, 0.1) is 0 Å². The van der Waals surface area contributed by atoms with E-state index in [-0.39, 0.29) is 12.4 Å². The highest BCUT2D eigenvalue weighted by Crippen LogP contribution is 2.36. The number of benzene rings is 1. The molecule has 0 fully saturated rings. The fraction of sp³-hybridized carbons (Fsp3) is 0.200. The van der Waals surface area contributed by atoms with Gasteiger partial charge in [-0.3, -0.25) is 0 Å². The Morgan fingerprint density at radius 3 is 2.74 bits per heavy atom. The Balaban J connectivity index is 2.16. The number of rotatable bonds is 4. The molecule has 1 aromatic heterocycles. The molecular weight excluding hydrogens is 281 g/mol. The topological polar surface area (TPSA) is 73.1 Å². The minimum absolute atomic E-state index is 0.150. The molecule has 0 spiro atoms. The first-order valence-electron chi connectivity index (χ1n) is 5.09. The summed E-state index contributed by atoms with van der Waals surface area (Å²) in [6, 6.07) is 4.97. The molecule has 0 saturated heterocycles. The SMILES string of the molecule is NNc1snnc1COc1ccccc1C(F)(F)F. The molecule has 0 atom stereocenters. The highest BCUT2D eigenvalue weighted by atomic mass is 32.1. The molecule has 0 amide bonds. The third-order valence-corrected chi connectivity index (χ3v) is 2.94. The van der Waals surface area contributed by atoms with Gasteiger partial charge in [-0.2, -0.15) is 13.2 Å². The number of para-hydroxylation sites is 1. The van der Waals surface area contributed by atoms with Crippen molar-refractivity contribution in [2.24, 2.45) is 5.84 Å². The molecule has 2 rings (SSSR count). The summed E-state index contributed by atoms with van der Waals surface area (Å²) >= 11 is 0.995. The van der Waals surface area contributed by atoms with E-state index in [0.717, 1.165) is 17.6 Å². The summed E-state index contributed by atoms with van der Waals surface area (Å²) in [5.41, 5.74) is 1.87. The van der Waals surface area contributed by atoms with E-state index in [4.69, 9.17) is 10.6 Å². The van der Waals surface area contributed by atoms with Gasteiger partial charge in [0.25, 0.3) is 0 Å². The van der Waals surface area contributed by atoms with Crippen molar-refractivity contribution in [3.8, 4) is 5.75 Å². The predicted molar refractivity (Wildman–Crippen MR) is 63.5 cm³/mol. The van der Waals surface area contributed by atoms with Gasteiger partial charge < -0.3 is 10.2 Å². The molecular formula is C10H9F3N4OS. The Kier molecular flexibility index (Phi) is 3.86. The standard InChI is InChI=1S/C10H9F3N4OS/c11-10(12,13)6-3-1-2-4-8(6)18-5-7-9(15-14)19-17-16-7/h1-4,15H,5,14H2. The summed E-state index contributed by atoms with van der Waals surface area (Å²) in [6.45, 7) is -0.150. The number of hydrogen-bond donors (Lipinski definition) is 2. The van der Waals surface area contributed by atoms with Crippen LogP contribution in [0.2, 0.25) is 0 Å². The molecule has 0 radical (unpaired) electrons. The average molecular weight is 290 g/mol. The Morgan fingerprint density at radius 1 is 1.32 bits per heavy atom. The molecule has 2 aromatic rings. The van der Waals surface area contributed by atoms with Crippen LogP contribution < -0.4 is 16.0 Å². The van der Waals surface area contributed by atoms with Gasteiger partial charge in [0.15, 0.2) is 5.00 Å². The fourth-order valence-electron chi connectivity index (χ4n) is 1.39. The number of hydrogen-bond acceptors (Lipinski definition) is 6. The molecule has 3 N–H and O–H groups in total. The molecule has 9 heteroatoms. The molecule has 1 aromatic carbocycles. The molecule has 0 aliphatic rings. The molecule has 1 heterocycles. The van der Waals surface area contributed by atoms with Crippen molar-refractivity contribution in [2.75, 3.05) is 5.43 Å². The number of aromatic nitrogens is 2. The van der Waals surface area contributed by atoms with Crippen LogP contribution in [0.1, 0.15) is 11.3 Å². The molecule has 0 aliphatic heterocycles. The van der Waals surface area contributed by atoms with E-state index in [9.17, 15) is 13.2 Å². The zero-order chi connectivity index (χ0) is 13.9. The fourth-order valence-corrected chi connectivity index (χ4v) is 1.86. The van der Waals surface area contributed by atoms with Crippen LogP contribution in [-0.2, 0) is 12.8 Å². The van der Waals surface area contributed by atoms with E-state index in [1.165, 1.54) is 18.2 Å². The first-order valence-corrected chi connectivity index (χ1v) is 5.86. The zero-order valence-electron chi connectivity index (χ0n) is 9.44. The van der Waals surface area contributed by atoms with Gasteiger partial charge in [-0.05, 0) is 12.1 Å². The van der Waals surface area contributed by atoms with Crippen molar-refractivity contribution in [1.29, 1.82) is 0 Å². The number of nitrogens with one attached hydrogen (secondary N) is 1. The van der Waals surface area contributed by atoms with Crippen LogP contribution >= 0.6 is 11.5 Å². The second kappa shape index (κ2) is 5.41. The summed E-state index contributed by atoms with van der Waals surface area (Å²) in [7, 11) is 0. The monoisotopic (exact) mass is 290 g/mol. The molecule has 102 valence electrons. The van der Waals surface area contributed by atoms with Gasteiger partial charge in [0.1, 0.15) is 18.1 Å². The molecule has 19 heavy (non-hydrogen) atoms. The number of hydrazine groups is 1. The van der Waals surface area contributed by atoms with Crippen molar-refractivity contribution in [3.63, 3.8) is 0 Å². The van der Waals surface area contributed by atoms with Crippen LogP contribution in [-0.4, -0.2) is 9.59 Å². The first kappa shape index (κ1) is 13.6. The zero-order valence-corrected chi connectivity index (χ0v) is 10.3. The lowest BCUT2D eigenvalue weighted by Gasteiger charge is -2.13. The van der Waals surface area contributed by atoms with Gasteiger partial charge in [0.05, 0.1) is 5.56 Å². The molecule has 0 bridgehead atoms. The van der Waals surface area contributed by atoms with Crippen molar-refractivity contribution in [3.05, 3.63) is 35.5 Å². The lowest BCUT2D eigenvalue weighted by atomic mass is 10.2. The third-order valence-electron chi connectivity index (χ3n) is 2.24. The second-order valence-corrected chi connectivity index (χ2v) is 4.23. The molecule has 5 nitrogen and oxygen atoms in total. The Labute approximate surface area is 110 Å². The largest absolute Gasteiger partial charge is 0.486 e. The number of nitrogens with two attached hydrogens (primary N) is 1. The molecule has 0 unspecified atom stereocenters. The molecule has 0 aliphatic carbocycles. The number of nitrogen functional groups attached to an aromatic ring is 1. The minimum Gasteiger partial charge on any atom is -0.486 e. The number of halogens is 3. The Morgan fingerprint density at radius 2 is 2.05 bits per heavy atom. The van der Waals surface area contributed by atoms with E-state index in [1.54, 1.807) is 0 Å². The average Bonchev–Trinajstić information content (AvgIpc) is 2.83. The quantitative estimate of drug-likeness (QED) is 0.668. The number of anilines is 1. The Hall–Kier alpha value is -1.87. The summed E-state index contributed by atoms with van der Waals surface area (Å²) in [5.74, 6) is 4.95. The van der Waals surface area contributed by atoms with E-state index < -0.39 is 11.7 Å². The van der Waals surface area contributed by atoms with Gasteiger partial charge >= 0.3 is 6.18 Å².